The number of aromatic nitrogens is 2. The highest BCUT2D eigenvalue weighted by Crippen LogP contribution is 2.32. The van der Waals surface area contributed by atoms with Crippen LogP contribution in [0.15, 0.2) is 30.3 Å². The Bertz CT molecular complexity index is 770. The molecule has 4 rings (SSSR count). The first kappa shape index (κ1) is 16.3. The van der Waals surface area contributed by atoms with Crippen LogP contribution in [0, 0.1) is 19.8 Å². The number of aryl methyl sites for hydroxylation is 2. The quantitative estimate of drug-likeness (QED) is 0.899. The zero-order valence-corrected chi connectivity index (χ0v) is 15.0. The third kappa shape index (κ3) is 3.61. The highest BCUT2D eigenvalue weighted by Gasteiger charge is 2.34. The average Bonchev–Trinajstić information content (AvgIpc) is 3.08. The van der Waals surface area contributed by atoms with Gasteiger partial charge >= 0.3 is 0 Å². The molecule has 2 aromatic rings. The number of anilines is 1. The lowest BCUT2D eigenvalue weighted by molar-refractivity contribution is -0.117. The van der Waals surface area contributed by atoms with Crippen molar-refractivity contribution in [3.8, 4) is 5.69 Å². The number of carbonyl (C=O) groups excluding carboxylic acids is 1. The summed E-state index contributed by atoms with van der Waals surface area (Å²) in [7, 11) is 0. The summed E-state index contributed by atoms with van der Waals surface area (Å²) in [6, 6.07) is 11.2. The number of hydrogen-bond acceptors (Lipinski definition) is 3. The molecular formula is C20H26N4O. The molecule has 2 N–H and O–H groups in total. The van der Waals surface area contributed by atoms with Gasteiger partial charge in [0.1, 0.15) is 0 Å². The molecular weight excluding hydrogens is 312 g/mol. The lowest BCUT2D eigenvalue weighted by atomic mass is 9.89. The number of amides is 1. The Hall–Kier alpha value is -2.14. The van der Waals surface area contributed by atoms with Crippen LogP contribution in [0.5, 0.6) is 0 Å². The fraction of sp³-hybridized carbons (Fsp3) is 0.500. The summed E-state index contributed by atoms with van der Waals surface area (Å²) in [6.07, 6.45) is 5.44. The Morgan fingerprint density at radius 2 is 2.00 bits per heavy atom. The SMILES string of the molecule is Cc1cc(C)n(-c2cccc(NC(=O)CC3CC4CCC(C3)N4)c2)n1. The topological polar surface area (TPSA) is 59.0 Å². The Labute approximate surface area is 148 Å². The molecule has 25 heavy (non-hydrogen) atoms. The van der Waals surface area contributed by atoms with Crippen molar-refractivity contribution in [2.45, 2.75) is 58.0 Å². The predicted molar refractivity (Wildman–Crippen MR) is 99.0 cm³/mol. The van der Waals surface area contributed by atoms with E-state index in [4.69, 9.17) is 0 Å². The molecule has 0 spiro atoms. The van der Waals surface area contributed by atoms with Crippen LogP contribution in [-0.2, 0) is 4.79 Å². The maximum Gasteiger partial charge on any atom is 0.224 e. The smallest absolute Gasteiger partial charge is 0.224 e. The lowest BCUT2D eigenvalue weighted by Crippen LogP contribution is -2.39. The Balaban J connectivity index is 1.41. The summed E-state index contributed by atoms with van der Waals surface area (Å²) in [4.78, 5) is 12.5. The van der Waals surface area contributed by atoms with Gasteiger partial charge < -0.3 is 10.6 Å². The molecule has 2 fully saturated rings. The van der Waals surface area contributed by atoms with Crippen molar-refractivity contribution in [2.24, 2.45) is 5.92 Å². The summed E-state index contributed by atoms with van der Waals surface area (Å²) in [5, 5.41) is 11.2. The zero-order valence-electron chi connectivity index (χ0n) is 15.0. The van der Waals surface area contributed by atoms with Crippen molar-refractivity contribution in [3.05, 3.63) is 41.7 Å². The van der Waals surface area contributed by atoms with Crippen LogP contribution in [-0.4, -0.2) is 27.8 Å². The number of benzene rings is 1. The van der Waals surface area contributed by atoms with Crippen molar-refractivity contribution >= 4 is 11.6 Å². The van der Waals surface area contributed by atoms with Crippen LogP contribution in [0.4, 0.5) is 5.69 Å². The molecule has 0 saturated carbocycles. The molecule has 3 heterocycles. The summed E-state index contributed by atoms with van der Waals surface area (Å²) in [6.45, 7) is 4.03. The summed E-state index contributed by atoms with van der Waals surface area (Å²) in [5.74, 6) is 0.634. The van der Waals surface area contributed by atoms with Gasteiger partial charge in [0.15, 0.2) is 0 Å². The van der Waals surface area contributed by atoms with Gasteiger partial charge in [-0.1, -0.05) is 6.07 Å². The van der Waals surface area contributed by atoms with Gasteiger partial charge in [0, 0.05) is 29.9 Å². The normalized spacial score (nSPS) is 25.1. The van der Waals surface area contributed by atoms with E-state index in [1.807, 2.05) is 42.8 Å². The minimum atomic E-state index is 0.122. The standard InChI is InChI=1S/C20H26N4O/c1-13-8-14(2)24(23-13)19-5-3-4-16(12-19)22-20(25)11-15-9-17-6-7-18(10-15)21-17/h3-5,8,12,15,17-18,21H,6-7,9-11H2,1-2H3,(H,22,25). The molecule has 2 aliphatic heterocycles. The van der Waals surface area contributed by atoms with E-state index in [0.29, 0.717) is 24.4 Å². The molecule has 0 radical (unpaired) electrons. The van der Waals surface area contributed by atoms with E-state index in [2.05, 4.69) is 21.8 Å². The first-order chi connectivity index (χ1) is 12.1. The van der Waals surface area contributed by atoms with E-state index < -0.39 is 0 Å². The number of nitrogens with one attached hydrogen (secondary N) is 2. The number of carbonyl (C=O) groups is 1. The second-order valence-electron chi connectivity index (χ2n) is 7.62. The fourth-order valence-corrected chi connectivity index (χ4v) is 4.42. The first-order valence-corrected chi connectivity index (χ1v) is 9.26. The van der Waals surface area contributed by atoms with E-state index in [0.717, 1.165) is 35.6 Å². The number of piperidine rings is 1. The molecule has 2 bridgehead atoms. The van der Waals surface area contributed by atoms with E-state index in [-0.39, 0.29) is 5.91 Å². The van der Waals surface area contributed by atoms with E-state index >= 15 is 0 Å². The first-order valence-electron chi connectivity index (χ1n) is 9.26. The van der Waals surface area contributed by atoms with Crippen LogP contribution < -0.4 is 10.6 Å². The van der Waals surface area contributed by atoms with E-state index in [9.17, 15) is 4.79 Å². The van der Waals surface area contributed by atoms with E-state index in [1.54, 1.807) is 0 Å². The number of nitrogens with zero attached hydrogens (tertiary/aromatic N) is 2. The van der Waals surface area contributed by atoms with Crippen molar-refractivity contribution in [2.75, 3.05) is 5.32 Å². The van der Waals surface area contributed by atoms with Crippen molar-refractivity contribution in [3.63, 3.8) is 0 Å². The second kappa shape index (κ2) is 6.64. The molecule has 0 aliphatic carbocycles. The minimum Gasteiger partial charge on any atom is -0.326 e. The molecule has 2 aliphatic rings. The third-order valence-corrected chi connectivity index (χ3v) is 5.43. The highest BCUT2D eigenvalue weighted by atomic mass is 16.1. The third-order valence-electron chi connectivity index (χ3n) is 5.43. The molecule has 2 unspecified atom stereocenters. The van der Waals surface area contributed by atoms with Crippen LogP contribution in [0.2, 0.25) is 0 Å². The maximum atomic E-state index is 12.5. The van der Waals surface area contributed by atoms with Gasteiger partial charge in [-0.25, -0.2) is 4.68 Å². The maximum absolute atomic E-state index is 12.5. The number of fused-ring (bicyclic) bond motifs is 2. The Morgan fingerprint density at radius 1 is 1.24 bits per heavy atom. The summed E-state index contributed by atoms with van der Waals surface area (Å²) < 4.78 is 1.91. The highest BCUT2D eigenvalue weighted by molar-refractivity contribution is 5.91. The van der Waals surface area contributed by atoms with Crippen LogP contribution in [0.3, 0.4) is 0 Å². The monoisotopic (exact) mass is 338 g/mol. The Morgan fingerprint density at radius 3 is 2.68 bits per heavy atom. The van der Waals surface area contributed by atoms with Crippen LogP contribution in [0.1, 0.15) is 43.5 Å². The largest absolute Gasteiger partial charge is 0.326 e. The van der Waals surface area contributed by atoms with E-state index in [1.165, 1.54) is 12.8 Å². The number of hydrogen-bond donors (Lipinski definition) is 2. The summed E-state index contributed by atoms with van der Waals surface area (Å²) in [5.41, 5.74) is 3.90. The molecule has 1 aromatic heterocycles. The second-order valence-corrected chi connectivity index (χ2v) is 7.62. The fourth-order valence-electron chi connectivity index (χ4n) is 4.42. The van der Waals surface area contributed by atoms with Crippen LogP contribution in [0.25, 0.3) is 5.69 Å². The molecule has 1 amide bonds. The van der Waals surface area contributed by atoms with Gasteiger partial charge in [0.2, 0.25) is 5.91 Å². The molecule has 1 aromatic carbocycles. The van der Waals surface area contributed by atoms with Gasteiger partial charge in [0.05, 0.1) is 11.4 Å². The summed E-state index contributed by atoms with van der Waals surface area (Å²) >= 11 is 0. The lowest BCUT2D eigenvalue weighted by Gasteiger charge is -2.28. The van der Waals surface area contributed by atoms with Gasteiger partial charge in [-0.15, -0.1) is 0 Å². The van der Waals surface area contributed by atoms with Gasteiger partial charge in [-0.2, -0.15) is 5.10 Å². The van der Waals surface area contributed by atoms with Gasteiger partial charge in [-0.05, 0) is 69.7 Å². The average molecular weight is 338 g/mol. The van der Waals surface area contributed by atoms with Crippen molar-refractivity contribution in [1.29, 1.82) is 0 Å². The molecule has 2 saturated heterocycles. The van der Waals surface area contributed by atoms with Crippen molar-refractivity contribution in [1.82, 2.24) is 15.1 Å². The molecule has 2 atom stereocenters. The zero-order chi connectivity index (χ0) is 17.4. The molecule has 132 valence electrons. The van der Waals surface area contributed by atoms with Crippen molar-refractivity contribution < 1.29 is 4.79 Å². The van der Waals surface area contributed by atoms with Crippen LogP contribution >= 0.6 is 0 Å². The molecule has 5 nitrogen and oxygen atoms in total. The Kier molecular flexibility index (Phi) is 4.34. The van der Waals surface area contributed by atoms with Gasteiger partial charge in [0.25, 0.3) is 0 Å². The molecule has 5 heteroatoms. The van der Waals surface area contributed by atoms with Gasteiger partial charge in [-0.3, -0.25) is 4.79 Å². The number of rotatable bonds is 4. The predicted octanol–water partition coefficient (Wildman–Crippen LogP) is 3.35. The minimum absolute atomic E-state index is 0.122.